The zero-order valence-electron chi connectivity index (χ0n) is 7.38. The fourth-order valence-corrected chi connectivity index (χ4v) is 1.60. The summed E-state index contributed by atoms with van der Waals surface area (Å²) in [5, 5.41) is 0. The number of hydrogen-bond acceptors (Lipinski definition) is 1. The van der Waals surface area contributed by atoms with Crippen molar-refractivity contribution < 1.29 is 9.18 Å². The molecule has 0 fully saturated rings. The van der Waals surface area contributed by atoms with Crippen LogP contribution in [0.5, 0.6) is 0 Å². The van der Waals surface area contributed by atoms with Gasteiger partial charge < -0.3 is 4.90 Å². The van der Waals surface area contributed by atoms with E-state index in [0.717, 1.165) is 12.0 Å². The molecule has 0 atom stereocenters. The van der Waals surface area contributed by atoms with Crippen molar-refractivity contribution in [3.8, 4) is 0 Å². The van der Waals surface area contributed by atoms with Crippen LogP contribution in [0.3, 0.4) is 0 Å². The third kappa shape index (κ3) is 1.20. The Bertz CT molecular complexity index is 362. The summed E-state index contributed by atoms with van der Waals surface area (Å²) in [6, 6.07) is 4.78. The summed E-state index contributed by atoms with van der Waals surface area (Å²) in [6.07, 6.45) is 0.745. The molecule has 1 aliphatic heterocycles. The molecule has 3 heteroatoms. The molecule has 1 amide bonds. The molecule has 1 aromatic carbocycles. The molecule has 2 rings (SSSR count). The Hall–Kier alpha value is -1.38. The Labute approximate surface area is 76.0 Å². The van der Waals surface area contributed by atoms with Crippen LogP contribution in [0.4, 0.5) is 4.39 Å². The van der Waals surface area contributed by atoms with Crippen LogP contribution in [0, 0.1) is 5.82 Å². The smallest absolute Gasteiger partial charge is 0.256 e. The number of amides is 1. The zero-order chi connectivity index (χ0) is 9.42. The number of benzene rings is 1. The van der Waals surface area contributed by atoms with Gasteiger partial charge in [0.25, 0.3) is 5.91 Å². The fraction of sp³-hybridized carbons (Fsp3) is 0.300. The normalized spacial score (nSPS) is 15.8. The van der Waals surface area contributed by atoms with Crippen LogP contribution < -0.4 is 0 Å². The van der Waals surface area contributed by atoms with Crippen LogP contribution in [0.1, 0.15) is 15.9 Å². The minimum Gasteiger partial charge on any atom is -0.341 e. The first-order valence-electron chi connectivity index (χ1n) is 4.23. The highest BCUT2D eigenvalue weighted by Crippen LogP contribution is 2.20. The van der Waals surface area contributed by atoms with E-state index < -0.39 is 5.82 Å². The van der Waals surface area contributed by atoms with Crippen LogP contribution in [-0.2, 0) is 6.42 Å². The van der Waals surface area contributed by atoms with Crippen LogP contribution in [0.25, 0.3) is 0 Å². The molecule has 2 nitrogen and oxygen atoms in total. The average Bonchev–Trinajstić information content (AvgIpc) is 2.12. The topological polar surface area (TPSA) is 20.3 Å². The molecule has 1 heterocycles. The molecule has 0 aliphatic carbocycles. The fourth-order valence-electron chi connectivity index (χ4n) is 1.60. The molecule has 1 aromatic rings. The van der Waals surface area contributed by atoms with Gasteiger partial charge in [-0.05, 0) is 18.1 Å². The minimum absolute atomic E-state index is 0.209. The number of carbonyl (C=O) groups is 1. The van der Waals surface area contributed by atoms with E-state index in [2.05, 4.69) is 0 Å². The predicted octanol–water partition coefficient (Wildman–Crippen LogP) is 1.45. The Morgan fingerprint density at radius 3 is 3.00 bits per heavy atom. The van der Waals surface area contributed by atoms with Crippen molar-refractivity contribution >= 4 is 5.91 Å². The van der Waals surface area contributed by atoms with Crippen molar-refractivity contribution in [1.29, 1.82) is 0 Å². The van der Waals surface area contributed by atoms with Gasteiger partial charge in [0.2, 0.25) is 0 Å². The standard InChI is InChI=1S/C10H10FNO/c1-12-6-5-7-3-2-4-8(11)9(7)10(12)13/h2-4H,5-6H2,1H3. The van der Waals surface area contributed by atoms with E-state index in [9.17, 15) is 9.18 Å². The monoisotopic (exact) mass is 179 g/mol. The Morgan fingerprint density at radius 1 is 1.46 bits per heavy atom. The van der Waals surface area contributed by atoms with Gasteiger partial charge in [-0.1, -0.05) is 12.1 Å². The van der Waals surface area contributed by atoms with Gasteiger partial charge in [-0.3, -0.25) is 4.79 Å². The molecular weight excluding hydrogens is 169 g/mol. The molecule has 0 unspecified atom stereocenters. The van der Waals surface area contributed by atoms with Crippen molar-refractivity contribution in [1.82, 2.24) is 4.90 Å². The number of rotatable bonds is 0. The lowest BCUT2D eigenvalue weighted by Gasteiger charge is -2.24. The third-order valence-corrected chi connectivity index (χ3v) is 2.38. The van der Waals surface area contributed by atoms with Gasteiger partial charge in [-0.2, -0.15) is 0 Å². The highest BCUT2D eigenvalue weighted by atomic mass is 19.1. The number of hydrogen-bond donors (Lipinski definition) is 0. The highest BCUT2D eigenvalue weighted by Gasteiger charge is 2.24. The van der Waals surface area contributed by atoms with Crippen molar-refractivity contribution in [2.45, 2.75) is 6.42 Å². The maximum Gasteiger partial charge on any atom is 0.256 e. The summed E-state index contributed by atoms with van der Waals surface area (Å²) in [6.45, 7) is 0.676. The van der Waals surface area contributed by atoms with Crippen LogP contribution in [0.2, 0.25) is 0 Å². The number of nitrogens with zero attached hydrogens (tertiary/aromatic N) is 1. The van der Waals surface area contributed by atoms with Crippen molar-refractivity contribution in [3.05, 3.63) is 35.1 Å². The largest absolute Gasteiger partial charge is 0.341 e. The van der Waals surface area contributed by atoms with Gasteiger partial charge in [0.1, 0.15) is 5.82 Å². The van der Waals surface area contributed by atoms with E-state index in [4.69, 9.17) is 0 Å². The molecule has 0 bridgehead atoms. The molecule has 13 heavy (non-hydrogen) atoms. The molecule has 0 aromatic heterocycles. The lowest BCUT2D eigenvalue weighted by Crippen LogP contribution is -2.34. The number of carbonyl (C=O) groups excluding carboxylic acids is 1. The molecule has 68 valence electrons. The second-order valence-corrected chi connectivity index (χ2v) is 3.25. The summed E-state index contributed by atoms with van der Waals surface area (Å²) in [4.78, 5) is 13.1. The first-order chi connectivity index (χ1) is 6.20. The summed E-state index contributed by atoms with van der Waals surface area (Å²) in [5.41, 5.74) is 1.07. The van der Waals surface area contributed by atoms with Gasteiger partial charge >= 0.3 is 0 Å². The summed E-state index contributed by atoms with van der Waals surface area (Å²) in [5.74, 6) is -0.617. The summed E-state index contributed by atoms with van der Waals surface area (Å²) >= 11 is 0. The quantitative estimate of drug-likeness (QED) is 0.590. The Morgan fingerprint density at radius 2 is 2.23 bits per heavy atom. The van der Waals surface area contributed by atoms with Gasteiger partial charge in [-0.15, -0.1) is 0 Å². The first-order valence-corrected chi connectivity index (χ1v) is 4.23. The second-order valence-electron chi connectivity index (χ2n) is 3.25. The number of halogens is 1. The second kappa shape index (κ2) is 2.83. The summed E-state index contributed by atoms with van der Waals surface area (Å²) < 4.78 is 13.2. The third-order valence-electron chi connectivity index (χ3n) is 2.38. The average molecular weight is 179 g/mol. The lowest BCUT2D eigenvalue weighted by atomic mass is 9.99. The van der Waals surface area contributed by atoms with E-state index in [-0.39, 0.29) is 11.5 Å². The van der Waals surface area contributed by atoms with Crippen LogP contribution in [-0.4, -0.2) is 24.4 Å². The van der Waals surface area contributed by atoms with Gasteiger partial charge in [-0.25, -0.2) is 4.39 Å². The lowest BCUT2D eigenvalue weighted by molar-refractivity contribution is 0.0775. The van der Waals surface area contributed by atoms with E-state index in [1.54, 1.807) is 18.0 Å². The maximum absolute atomic E-state index is 13.2. The molecule has 0 saturated carbocycles. The van der Waals surface area contributed by atoms with Crippen molar-refractivity contribution in [2.24, 2.45) is 0 Å². The van der Waals surface area contributed by atoms with Crippen LogP contribution in [0.15, 0.2) is 18.2 Å². The molecule has 0 N–H and O–H groups in total. The Kier molecular flexibility index (Phi) is 1.79. The number of fused-ring (bicyclic) bond motifs is 1. The number of likely N-dealkylation sites (N-methyl/N-ethyl adjacent to an activating group) is 1. The molecule has 0 saturated heterocycles. The van der Waals surface area contributed by atoms with E-state index in [1.807, 2.05) is 6.07 Å². The van der Waals surface area contributed by atoms with E-state index in [0.29, 0.717) is 6.54 Å². The Balaban J connectivity index is 2.57. The highest BCUT2D eigenvalue weighted by molar-refractivity contribution is 5.96. The zero-order valence-corrected chi connectivity index (χ0v) is 7.38. The molecular formula is C10H10FNO. The minimum atomic E-state index is -0.408. The molecule has 0 radical (unpaired) electrons. The van der Waals surface area contributed by atoms with E-state index in [1.165, 1.54) is 6.07 Å². The SMILES string of the molecule is CN1CCc2cccc(F)c2C1=O. The van der Waals surface area contributed by atoms with Gasteiger partial charge in [0.05, 0.1) is 5.56 Å². The first kappa shape index (κ1) is 8.23. The van der Waals surface area contributed by atoms with E-state index >= 15 is 0 Å². The van der Waals surface area contributed by atoms with Crippen LogP contribution >= 0.6 is 0 Å². The predicted molar refractivity (Wildman–Crippen MR) is 47.1 cm³/mol. The molecule has 1 aliphatic rings. The van der Waals surface area contributed by atoms with Crippen molar-refractivity contribution in [3.63, 3.8) is 0 Å². The van der Waals surface area contributed by atoms with Gasteiger partial charge in [0.15, 0.2) is 0 Å². The van der Waals surface area contributed by atoms with Gasteiger partial charge in [0, 0.05) is 13.6 Å². The van der Waals surface area contributed by atoms with Crippen molar-refractivity contribution in [2.75, 3.05) is 13.6 Å². The summed E-state index contributed by atoms with van der Waals surface area (Å²) in [7, 11) is 1.69. The maximum atomic E-state index is 13.2. The molecule has 0 spiro atoms.